The zero-order chi connectivity index (χ0) is 17.0. The third kappa shape index (κ3) is 3.68. The van der Waals surface area contributed by atoms with E-state index in [0.717, 1.165) is 0 Å². The van der Waals surface area contributed by atoms with Crippen molar-refractivity contribution in [2.75, 3.05) is 26.6 Å². The van der Waals surface area contributed by atoms with Gasteiger partial charge in [0.2, 0.25) is 0 Å². The second-order valence-corrected chi connectivity index (χ2v) is 5.39. The number of benzene rings is 2. The van der Waals surface area contributed by atoms with Crippen LogP contribution in [0.1, 0.15) is 10.4 Å². The predicted octanol–water partition coefficient (Wildman–Crippen LogP) is 3.43. The van der Waals surface area contributed by atoms with Gasteiger partial charge in [-0.05, 0) is 40.2 Å². The molecule has 23 heavy (non-hydrogen) atoms. The van der Waals surface area contributed by atoms with E-state index >= 15 is 0 Å². The number of carbonyl (C=O) groups excluding carboxylic acids is 1. The molecule has 6 nitrogen and oxygen atoms in total. The van der Waals surface area contributed by atoms with E-state index in [1.807, 2.05) is 0 Å². The van der Waals surface area contributed by atoms with Crippen LogP contribution < -0.4 is 19.5 Å². The lowest BCUT2D eigenvalue weighted by molar-refractivity contribution is 0.102. The van der Waals surface area contributed by atoms with Gasteiger partial charge in [0, 0.05) is 17.3 Å². The van der Waals surface area contributed by atoms with Gasteiger partial charge in [-0.1, -0.05) is 0 Å². The molecule has 0 aliphatic carbocycles. The van der Waals surface area contributed by atoms with Crippen LogP contribution in [0.3, 0.4) is 0 Å². The van der Waals surface area contributed by atoms with Crippen molar-refractivity contribution in [3.8, 4) is 23.0 Å². The highest BCUT2D eigenvalue weighted by Gasteiger charge is 2.14. The van der Waals surface area contributed by atoms with Crippen molar-refractivity contribution in [3.63, 3.8) is 0 Å². The van der Waals surface area contributed by atoms with Gasteiger partial charge in [0.25, 0.3) is 5.91 Å². The highest BCUT2D eigenvalue weighted by molar-refractivity contribution is 9.10. The predicted molar refractivity (Wildman–Crippen MR) is 89.9 cm³/mol. The van der Waals surface area contributed by atoms with Gasteiger partial charge < -0.3 is 24.6 Å². The van der Waals surface area contributed by atoms with Gasteiger partial charge in [0.05, 0.1) is 25.8 Å². The quantitative estimate of drug-likeness (QED) is 0.829. The van der Waals surface area contributed by atoms with Gasteiger partial charge in [0.15, 0.2) is 23.0 Å². The maximum absolute atomic E-state index is 12.4. The highest BCUT2D eigenvalue weighted by Crippen LogP contribution is 2.35. The SMILES string of the molecule is COc1ccc(NC(=O)c2cc(Br)c(O)c(OC)c2)cc1OC. The topological polar surface area (TPSA) is 77.0 Å². The Morgan fingerprint density at radius 1 is 1.00 bits per heavy atom. The Labute approximate surface area is 142 Å². The van der Waals surface area contributed by atoms with Crippen LogP contribution in [-0.4, -0.2) is 32.3 Å². The van der Waals surface area contributed by atoms with Gasteiger partial charge in [-0.3, -0.25) is 4.79 Å². The molecule has 2 aromatic carbocycles. The minimum atomic E-state index is -0.351. The number of rotatable bonds is 5. The summed E-state index contributed by atoms with van der Waals surface area (Å²) >= 11 is 3.19. The molecule has 0 fully saturated rings. The molecule has 2 rings (SSSR count). The number of amides is 1. The van der Waals surface area contributed by atoms with Crippen molar-refractivity contribution in [2.45, 2.75) is 0 Å². The molecule has 2 N–H and O–H groups in total. The van der Waals surface area contributed by atoms with Crippen LogP contribution in [0.4, 0.5) is 5.69 Å². The van der Waals surface area contributed by atoms with Crippen molar-refractivity contribution in [1.29, 1.82) is 0 Å². The van der Waals surface area contributed by atoms with Gasteiger partial charge in [0.1, 0.15) is 0 Å². The molecule has 0 saturated heterocycles. The largest absolute Gasteiger partial charge is 0.503 e. The van der Waals surface area contributed by atoms with Crippen LogP contribution in [0.15, 0.2) is 34.8 Å². The molecule has 122 valence electrons. The van der Waals surface area contributed by atoms with E-state index in [4.69, 9.17) is 14.2 Å². The van der Waals surface area contributed by atoms with Crippen molar-refractivity contribution >= 4 is 27.5 Å². The summed E-state index contributed by atoms with van der Waals surface area (Å²) in [6.45, 7) is 0. The maximum Gasteiger partial charge on any atom is 0.255 e. The lowest BCUT2D eigenvalue weighted by atomic mass is 10.1. The van der Waals surface area contributed by atoms with E-state index in [1.54, 1.807) is 18.2 Å². The number of aromatic hydroxyl groups is 1. The van der Waals surface area contributed by atoms with Crippen molar-refractivity contribution in [1.82, 2.24) is 0 Å². The monoisotopic (exact) mass is 381 g/mol. The molecule has 0 radical (unpaired) electrons. The number of carbonyl (C=O) groups is 1. The van der Waals surface area contributed by atoms with E-state index in [2.05, 4.69) is 21.2 Å². The third-order valence-electron chi connectivity index (χ3n) is 3.15. The van der Waals surface area contributed by atoms with E-state index in [9.17, 15) is 9.90 Å². The average Bonchev–Trinajstić information content (AvgIpc) is 2.56. The van der Waals surface area contributed by atoms with E-state index in [0.29, 0.717) is 27.2 Å². The third-order valence-corrected chi connectivity index (χ3v) is 3.76. The molecule has 0 bridgehead atoms. The minimum absolute atomic E-state index is 0.0600. The normalized spacial score (nSPS) is 10.1. The second-order valence-electron chi connectivity index (χ2n) is 4.53. The molecule has 0 aliphatic heterocycles. The average molecular weight is 382 g/mol. The van der Waals surface area contributed by atoms with Gasteiger partial charge in [-0.15, -0.1) is 0 Å². The molecular formula is C16H16BrNO5. The van der Waals surface area contributed by atoms with Gasteiger partial charge >= 0.3 is 0 Å². The summed E-state index contributed by atoms with van der Waals surface area (Å²) in [6.07, 6.45) is 0. The Bertz CT molecular complexity index is 733. The van der Waals surface area contributed by atoms with Crippen molar-refractivity contribution in [3.05, 3.63) is 40.4 Å². The number of phenolic OH excluding ortho intramolecular Hbond substituents is 1. The molecule has 0 aliphatic rings. The Hall–Kier alpha value is -2.41. The first-order chi connectivity index (χ1) is 11.0. The van der Waals surface area contributed by atoms with Crippen molar-refractivity contribution < 1.29 is 24.1 Å². The number of hydrogen-bond donors (Lipinski definition) is 2. The van der Waals surface area contributed by atoms with E-state index in [1.165, 1.54) is 33.5 Å². The maximum atomic E-state index is 12.4. The number of nitrogens with one attached hydrogen (secondary N) is 1. The summed E-state index contributed by atoms with van der Waals surface area (Å²) < 4.78 is 15.8. The van der Waals surface area contributed by atoms with E-state index < -0.39 is 0 Å². The molecule has 0 unspecified atom stereocenters. The molecule has 0 aromatic heterocycles. The summed E-state index contributed by atoms with van der Waals surface area (Å²) in [5.41, 5.74) is 0.886. The van der Waals surface area contributed by atoms with Crippen molar-refractivity contribution in [2.24, 2.45) is 0 Å². The Kier molecular flexibility index (Phi) is 5.33. The molecular weight excluding hydrogens is 366 g/mol. The number of halogens is 1. The minimum Gasteiger partial charge on any atom is -0.503 e. The summed E-state index contributed by atoms with van der Waals surface area (Å²) in [4.78, 5) is 12.4. The zero-order valence-electron chi connectivity index (χ0n) is 12.8. The summed E-state index contributed by atoms with van der Waals surface area (Å²) in [6, 6.07) is 8.02. The number of ether oxygens (including phenoxy) is 3. The number of phenols is 1. The lowest BCUT2D eigenvalue weighted by Gasteiger charge is -2.12. The van der Waals surface area contributed by atoms with E-state index in [-0.39, 0.29) is 17.4 Å². The number of hydrogen-bond acceptors (Lipinski definition) is 5. The number of anilines is 1. The fourth-order valence-corrected chi connectivity index (χ4v) is 2.42. The highest BCUT2D eigenvalue weighted by atomic mass is 79.9. The first kappa shape index (κ1) is 17.0. The molecule has 0 heterocycles. The van der Waals surface area contributed by atoms with Crippen LogP contribution in [0, 0.1) is 0 Å². The Morgan fingerprint density at radius 3 is 2.26 bits per heavy atom. The van der Waals surface area contributed by atoms with Crippen LogP contribution in [-0.2, 0) is 0 Å². The lowest BCUT2D eigenvalue weighted by Crippen LogP contribution is -2.12. The number of methoxy groups -OCH3 is 3. The zero-order valence-corrected chi connectivity index (χ0v) is 14.4. The molecule has 7 heteroatoms. The standard InChI is InChI=1S/C16H16BrNO5/c1-21-12-5-4-10(8-13(12)22-2)18-16(20)9-6-11(17)15(19)14(7-9)23-3/h4-8,19H,1-3H3,(H,18,20). The van der Waals surface area contributed by atoms with Gasteiger partial charge in [-0.2, -0.15) is 0 Å². The molecule has 0 saturated carbocycles. The Balaban J connectivity index is 2.27. The van der Waals surface area contributed by atoms with Crippen LogP contribution >= 0.6 is 15.9 Å². The first-order valence-corrected chi connectivity index (χ1v) is 7.39. The summed E-state index contributed by atoms with van der Waals surface area (Å²) in [5, 5.41) is 12.5. The Morgan fingerprint density at radius 2 is 1.65 bits per heavy atom. The van der Waals surface area contributed by atoms with Crippen LogP contribution in [0.25, 0.3) is 0 Å². The summed E-state index contributed by atoms with van der Waals surface area (Å²) in [7, 11) is 4.47. The molecule has 0 spiro atoms. The molecule has 0 atom stereocenters. The molecule has 2 aromatic rings. The van der Waals surface area contributed by atoms with Gasteiger partial charge in [-0.25, -0.2) is 0 Å². The fraction of sp³-hybridized carbons (Fsp3) is 0.188. The second kappa shape index (κ2) is 7.23. The fourth-order valence-electron chi connectivity index (χ4n) is 1.98. The smallest absolute Gasteiger partial charge is 0.255 e. The first-order valence-electron chi connectivity index (χ1n) is 6.60. The van der Waals surface area contributed by atoms with Crippen LogP contribution in [0.5, 0.6) is 23.0 Å². The molecule has 1 amide bonds. The van der Waals surface area contributed by atoms with Crippen LogP contribution in [0.2, 0.25) is 0 Å². The summed E-state index contributed by atoms with van der Waals surface area (Å²) in [5.74, 6) is 0.873.